The number of halogens is 1. The van der Waals surface area contributed by atoms with Gasteiger partial charge in [-0.15, -0.1) is 0 Å². The third-order valence-corrected chi connectivity index (χ3v) is 3.56. The summed E-state index contributed by atoms with van der Waals surface area (Å²) in [7, 11) is 1.49. The Morgan fingerprint density at radius 1 is 1.47 bits per heavy atom. The third-order valence-electron chi connectivity index (χ3n) is 3.56. The SMILES string of the molecule is COc1ccc(N)c(F)c1C1CCN(C(=O)O)CC1. The van der Waals surface area contributed by atoms with Gasteiger partial charge in [-0.05, 0) is 30.9 Å². The molecule has 1 aromatic rings. The summed E-state index contributed by atoms with van der Waals surface area (Å²) in [6, 6.07) is 3.13. The highest BCUT2D eigenvalue weighted by Crippen LogP contribution is 2.37. The fraction of sp³-hybridized carbons (Fsp3) is 0.462. The van der Waals surface area contributed by atoms with E-state index in [-0.39, 0.29) is 11.6 Å². The van der Waals surface area contributed by atoms with Gasteiger partial charge in [0.2, 0.25) is 0 Å². The summed E-state index contributed by atoms with van der Waals surface area (Å²) in [5.74, 6) is -0.0392. The van der Waals surface area contributed by atoms with Crippen LogP contribution in [-0.2, 0) is 0 Å². The molecule has 1 heterocycles. The Hall–Kier alpha value is -1.98. The number of nitrogens with zero attached hydrogens (tertiary/aromatic N) is 1. The second kappa shape index (κ2) is 5.34. The number of nitrogens with two attached hydrogens (primary N) is 1. The number of ether oxygens (including phenoxy) is 1. The maximum Gasteiger partial charge on any atom is 0.407 e. The molecule has 0 aromatic heterocycles. The summed E-state index contributed by atoms with van der Waals surface area (Å²) in [4.78, 5) is 12.2. The van der Waals surface area contributed by atoms with Crippen LogP contribution in [-0.4, -0.2) is 36.3 Å². The molecule has 1 amide bonds. The fourth-order valence-electron chi connectivity index (χ4n) is 2.51. The number of piperidine rings is 1. The number of rotatable bonds is 2. The molecule has 1 aliphatic rings. The van der Waals surface area contributed by atoms with Gasteiger partial charge in [0.05, 0.1) is 12.8 Å². The van der Waals surface area contributed by atoms with Crippen LogP contribution < -0.4 is 10.5 Å². The minimum atomic E-state index is -0.932. The van der Waals surface area contributed by atoms with Crippen LogP contribution in [0.5, 0.6) is 5.75 Å². The smallest absolute Gasteiger partial charge is 0.407 e. The molecule has 1 saturated heterocycles. The lowest BCUT2D eigenvalue weighted by Gasteiger charge is -2.31. The maximum atomic E-state index is 14.2. The molecule has 0 saturated carbocycles. The fourth-order valence-corrected chi connectivity index (χ4v) is 2.51. The van der Waals surface area contributed by atoms with Crippen molar-refractivity contribution in [2.45, 2.75) is 18.8 Å². The largest absolute Gasteiger partial charge is 0.496 e. The van der Waals surface area contributed by atoms with Crippen molar-refractivity contribution in [3.8, 4) is 5.75 Å². The first-order chi connectivity index (χ1) is 9.04. The second-order valence-corrected chi connectivity index (χ2v) is 4.63. The van der Waals surface area contributed by atoms with E-state index in [1.54, 1.807) is 6.07 Å². The van der Waals surface area contributed by atoms with Crippen LogP contribution in [0, 0.1) is 5.82 Å². The van der Waals surface area contributed by atoms with Gasteiger partial charge in [0.25, 0.3) is 0 Å². The van der Waals surface area contributed by atoms with Crippen molar-refractivity contribution in [1.29, 1.82) is 0 Å². The van der Waals surface area contributed by atoms with Gasteiger partial charge in [-0.2, -0.15) is 0 Å². The van der Waals surface area contributed by atoms with Crippen LogP contribution in [0.1, 0.15) is 24.3 Å². The molecule has 0 atom stereocenters. The predicted octanol–water partition coefficient (Wildman–Crippen LogP) is 2.27. The summed E-state index contributed by atoms with van der Waals surface area (Å²) in [5.41, 5.74) is 6.15. The van der Waals surface area contributed by atoms with Gasteiger partial charge < -0.3 is 20.5 Å². The van der Waals surface area contributed by atoms with E-state index >= 15 is 0 Å². The molecular formula is C13H17FN2O3. The first-order valence-electron chi connectivity index (χ1n) is 6.14. The first kappa shape index (κ1) is 13.5. The number of methoxy groups -OCH3 is 1. The number of anilines is 1. The highest BCUT2D eigenvalue weighted by atomic mass is 19.1. The highest BCUT2D eigenvalue weighted by molar-refractivity contribution is 5.65. The Balaban J connectivity index is 2.24. The lowest BCUT2D eigenvalue weighted by molar-refractivity contribution is 0.131. The summed E-state index contributed by atoms with van der Waals surface area (Å²) < 4.78 is 19.3. The van der Waals surface area contributed by atoms with Crippen LogP contribution in [0.4, 0.5) is 14.9 Å². The van der Waals surface area contributed by atoms with Crippen LogP contribution in [0.2, 0.25) is 0 Å². The zero-order valence-corrected chi connectivity index (χ0v) is 10.7. The Bertz CT molecular complexity index is 485. The van der Waals surface area contributed by atoms with E-state index in [1.807, 2.05) is 0 Å². The molecular weight excluding hydrogens is 251 g/mol. The van der Waals surface area contributed by atoms with E-state index < -0.39 is 11.9 Å². The summed E-state index contributed by atoms with van der Waals surface area (Å²) in [6.45, 7) is 0.800. The summed E-state index contributed by atoms with van der Waals surface area (Å²) in [5, 5.41) is 8.90. The Kier molecular flexibility index (Phi) is 3.78. The Morgan fingerprint density at radius 3 is 2.63 bits per heavy atom. The van der Waals surface area contributed by atoms with Crippen LogP contribution in [0.25, 0.3) is 0 Å². The molecule has 6 heteroatoms. The van der Waals surface area contributed by atoms with Crippen molar-refractivity contribution in [1.82, 2.24) is 4.90 Å². The molecule has 0 bridgehead atoms. The van der Waals surface area contributed by atoms with Gasteiger partial charge >= 0.3 is 6.09 Å². The van der Waals surface area contributed by atoms with Crippen molar-refractivity contribution < 1.29 is 19.0 Å². The minimum absolute atomic E-state index is 0.0611. The van der Waals surface area contributed by atoms with E-state index in [9.17, 15) is 9.18 Å². The molecule has 0 spiro atoms. The first-order valence-corrected chi connectivity index (χ1v) is 6.14. The van der Waals surface area contributed by atoms with Gasteiger partial charge in [0.1, 0.15) is 5.75 Å². The zero-order valence-electron chi connectivity index (χ0n) is 10.7. The van der Waals surface area contributed by atoms with Gasteiger partial charge in [-0.1, -0.05) is 0 Å². The third kappa shape index (κ3) is 2.57. The molecule has 1 fully saturated rings. The van der Waals surface area contributed by atoms with Crippen molar-refractivity contribution in [3.63, 3.8) is 0 Å². The van der Waals surface area contributed by atoms with E-state index in [1.165, 1.54) is 18.1 Å². The molecule has 0 unspecified atom stereocenters. The average Bonchev–Trinajstić information content (AvgIpc) is 2.42. The van der Waals surface area contributed by atoms with Crippen molar-refractivity contribution in [3.05, 3.63) is 23.5 Å². The topological polar surface area (TPSA) is 75.8 Å². The van der Waals surface area contributed by atoms with E-state index in [2.05, 4.69) is 0 Å². The number of hydrogen-bond acceptors (Lipinski definition) is 3. The number of carboxylic acid groups (broad SMARTS) is 1. The van der Waals surface area contributed by atoms with Crippen molar-refractivity contribution >= 4 is 11.8 Å². The minimum Gasteiger partial charge on any atom is -0.496 e. The van der Waals surface area contributed by atoms with Gasteiger partial charge in [0.15, 0.2) is 5.82 Å². The van der Waals surface area contributed by atoms with Crippen molar-refractivity contribution in [2.24, 2.45) is 0 Å². The molecule has 1 aromatic carbocycles. The molecule has 3 N–H and O–H groups in total. The monoisotopic (exact) mass is 268 g/mol. The van der Waals surface area contributed by atoms with Crippen LogP contribution >= 0.6 is 0 Å². The number of hydrogen-bond donors (Lipinski definition) is 2. The predicted molar refractivity (Wildman–Crippen MR) is 68.9 cm³/mol. The molecule has 19 heavy (non-hydrogen) atoms. The normalized spacial score (nSPS) is 16.4. The lowest BCUT2D eigenvalue weighted by atomic mass is 9.88. The lowest BCUT2D eigenvalue weighted by Crippen LogP contribution is -2.37. The molecule has 0 radical (unpaired) electrons. The Labute approximate surface area is 110 Å². The maximum absolute atomic E-state index is 14.2. The van der Waals surface area contributed by atoms with E-state index in [0.29, 0.717) is 37.2 Å². The van der Waals surface area contributed by atoms with Gasteiger partial charge in [-0.25, -0.2) is 9.18 Å². The number of carbonyl (C=O) groups is 1. The van der Waals surface area contributed by atoms with E-state index in [0.717, 1.165) is 0 Å². The van der Waals surface area contributed by atoms with Crippen LogP contribution in [0.3, 0.4) is 0 Å². The molecule has 2 rings (SSSR count). The quantitative estimate of drug-likeness (QED) is 0.807. The number of benzene rings is 1. The number of nitrogen functional groups attached to an aromatic ring is 1. The summed E-state index contributed by atoms with van der Waals surface area (Å²) in [6.07, 6.45) is 0.213. The average molecular weight is 268 g/mol. The highest BCUT2D eigenvalue weighted by Gasteiger charge is 2.28. The molecule has 1 aliphatic heterocycles. The van der Waals surface area contributed by atoms with E-state index in [4.69, 9.17) is 15.6 Å². The van der Waals surface area contributed by atoms with Gasteiger partial charge in [0, 0.05) is 18.7 Å². The second-order valence-electron chi connectivity index (χ2n) is 4.63. The molecule has 5 nitrogen and oxygen atoms in total. The Morgan fingerprint density at radius 2 is 2.11 bits per heavy atom. The van der Waals surface area contributed by atoms with Gasteiger partial charge in [-0.3, -0.25) is 0 Å². The summed E-state index contributed by atoms with van der Waals surface area (Å²) >= 11 is 0. The number of likely N-dealkylation sites (tertiary alicyclic amines) is 1. The molecule has 104 valence electrons. The molecule has 0 aliphatic carbocycles. The standard InChI is InChI=1S/C13H17FN2O3/c1-19-10-3-2-9(15)12(14)11(10)8-4-6-16(7-5-8)13(17)18/h2-3,8H,4-7,15H2,1H3,(H,17,18). The zero-order chi connectivity index (χ0) is 14.0. The number of amides is 1. The van der Waals surface area contributed by atoms with Crippen molar-refractivity contribution in [2.75, 3.05) is 25.9 Å². The van der Waals surface area contributed by atoms with Crippen LogP contribution in [0.15, 0.2) is 12.1 Å².